The van der Waals surface area contributed by atoms with Gasteiger partial charge < -0.3 is 29.2 Å². The SMILES string of the molecule is COc1c(Cl)ccc2c(O[C@@H]3C[C@H]4C(=O)C[C@]5(C(=O)NS(=O)(=O)C6(C)CC6)C[C@@H]5/C=C\CCCCC[C@H](NC(=O)OC(C)(C)C)C(=O)N4C3)cc(OC(C)C)nc12. The summed E-state index contributed by atoms with van der Waals surface area (Å²) in [7, 11) is -2.49. The lowest BCUT2D eigenvalue weighted by atomic mass is 9.91. The van der Waals surface area contributed by atoms with Crippen LogP contribution in [0.2, 0.25) is 5.02 Å². The number of hydrogen-bond donors (Lipinski definition) is 2. The van der Waals surface area contributed by atoms with Crippen LogP contribution < -0.4 is 24.2 Å². The van der Waals surface area contributed by atoms with Crippen molar-refractivity contribution in [2.45, 2.75) is 140 Å². The first-order valence-electron chi connectivity index (χ1n) is 19.8. The molecule has 2 N–H and O–H groups in total. The van der Waals surface area contributed by atoms with Gasteiger partial charge in [0.1, 0.15) is 29.0 Å². The van der Waals surface area contributed by atoms with Crippen molar-refractivity contribution < 1.29 is 46.5 Å². The second kappa shape index (κ2) is 16.3. The molecule has 1 aromatic heterocycles. The quantitative estimate of drug-likeness (QED) is 0.267. The summed E-state index contributed by atoms with van der Waals surface area (Å²) in [6, 6.07) is 2.99. The number of halogens is 1. The minimum absolute atomic E-state index is 0.0219. The van der Waals surface area contributed by atoms with Crippen molar-refractivity contribution in [2.75, 3.05) is 13.7 Å². The number of hydrogen-bond acceptors (Lipinski definition) is 11. The van der Waals surface area contributed by atoms with Gasteiger partial charge in [-0.25, -0.2) is 18.2 Å². The number of carbonyl (C=O) groups is 4. The Morgan fingerprint density at radius 2 is 1.84 bits per heavy atom. The largest absolute Gasteiger partial charge is 0.493 e. The summed E-state index contributed by atoms with van der Waals surface area (Å²) in [4.78, 5) is 62.4. The van der Waals surface area contributed by atoms with Crippen LogP contribution >= 0.6 is 11.6 Å². The number of benzene rings is 1. The van der Waals surface area contributed by atoms with Crippen molar-refractivity contribution in [3.63, 3.8) is 0 Å². The third-order valence-electron chi connectivity index (χ3n) is 11.2. The van der Waals surface area contributed by atoms with Gasteiger partial charge in [-0.15, -0.1) is 0 Å². The first kappa shape index (κ1) is 42.5. The van der Waals surface area contributed by atoms with Gasteiger partial charge in [-0.3, -0.25) is 19.1 Å². The summed E-state index contributed by atoms with van der Waals surface area (Å²) in [6.07, 6.45) is 6.33. The van der Waals surface area contributed by atoms with E-state index in [-0.39, 0.29) is 37.3 Å². The molecule has 0 radical (unpaired) electrons. The molecule has 16 heteroatoms. The lowest BCUT2D eigenvalue weighted by Crippen LogP contribution is -2.53. The maximum Gasteiger partial charge on any atom is 0.408 e. The Hall–Kier alpha value is -4.11. The molecule has 14 nitrogen and oxygen atoms in total. The van der Waals surface area contributed by atoms with E-state index in [1.165, 1.54) is 12.0 Å². The van der Waals surface area contributed by atoms with Crippen LogP contribution in [0.5, 0.6) is 17.4 Å². The number of ketones is 1. The predicted molar refractivity (Wildman–Crippen MR) is 214 cm³/mol. The topological polar surface area (TPSA) is 180 Å². The Bertz CT molecular complexity index is 2050. The molecule has 1 aromatic carbocycles. The summed E-state index contributed by atoms with van der Waals surface area (Å²) in [6.45, 7) is 10.5. The van der Waals surface area contributed by atoms with Gasteiger partial charge in [0.25, 0.3) is 0 Å². The van der Waals surface area contributed by atoms with E-state index >= 15 is 0 Å². The monoisotopic (exact) mass is 830 g/mol. The maximum atomic E-state index is 14.6. The van der Waals surface area contributed by atoms with Gasteiger partial charge in [-0.2, -0.15) is 0 Å². The molecular weight excluding hydrogens is 776 g/mol. The van der Waals surface area contributed by atoms with Crippen molar-refractivity contribution in [2.24, 2.45) is 11.3 Å². The first-order chi connectivity index (χ1) is 26.8. The van der Waals surface area contributed by atoms with Gasteiger partial charge in [0.15, 0.2) is 11.5 Å². The maximum absolute atomic E-state index is 14.6. The number of pyridine rings is 1. The second-order valence-corrected chi connectivity index (χ2v) is 19.9. The molecule has 0 spiro atoms. The molecule has 2 aliphatic carbocycles. The molecule has 2 saturated carbocycles. The molecule has 4 aliphatic rings. The van der Waals surface area contributed by atoms with Crippen molar-refractivity contribution >= 4 is 56.2 Å². The van der Waals surface area contributed by atoms with Crippen LogP contribution in [0, 0.1) is 11.3 Å². The highest BCUT2D eigenvalue weighted by molar-refractivity contribution is 7.91. The van der Waals surface area contributed by atoms with Gasteiger partial charge >= 0.3 is 6.09 Å². The first-order valence-corrected chi connectivity index (χ1v) is 21.7. The Morgan fingerprint density at radius 3 is 2.51 bits per heavy atom. The number of sulfonamides is 1. The van der Waals surface area contributed by atoms with Gasteiger partial charge in [0.2, 0.25) is 27.7 Å². The van der Waals surface area contributed by atoms with Crippen LogP contribution in [-0.2, 0) is 29.1 Å². The van der Waals surface area contributed by atoms with E-state index in [1.54, 1.807) is 45.9 Å². The number of nitrogens with one attached hydrogen (secondary N) is 2. The summed E-state index contributed by atoms with van der Waals surface area (Å²) in [5, 5.41) is 3.66. The third kappa shape index (κ3) is 9.45. The number of ether oxygens (including phenoxy) is 4. The van der Waals surface area contributed by atoms with Crippen LogP contribution in [0.15, 0.2) is 30.4 Å². The number of aromatic nitrogens is 1. The van der Waals surface area contributed by atoms with E-state index in [4.69, 9.17) is 30.5 Å². The summed E-state index contributed by atoms with van der Waals surface area (Å²) >= 11 is 6.47. The highest BCUT2D eigenvalue weighted by Crippen LogP contribution is 2.57. The Balaban J connectivity index is 1.36. The minimum Gasteiger partial charge on any atom is -0.493 e. The number of amides is 3. The van der Waals surface area contributed by atoms with Crippen molar-refractivity contribution in [1.82, 2.24) is 19.9 Å². The highest BCUT2D eigenvalue weighted by atomic mass is 35.5. The number of nitrogens with zero attached hydrogens (tertiary/aromatic N) is 2. The van der Waals surface area contributed by atoms with Gasteiger partial charge in [0.05, 0.1) is 41.0 Å². The zero-order valence-electron chi connectivity index (χ0n) is 33.8. The molecule has 6 rings (SSSR count). The number of fused-ring (bicyclic) bond motifs is 3. The Morgan fingerprint density at radius 1 is 1.11 bits per heavy atom. The van der Waals surface area contributed by atoms with Crippen LogP contribution in [0.4, 0.5) is 4.79 Å². The third-order valence-corrected chi connectivity index (χ3v) is 13.7. The van der Waals surface area contributed by atoms with Crippen LogP contribution in [-0.4, -0.2) is 90.3 Å². The number of alkyl carbamates (subject to hydrolysis) is 1. The molecule has 312 valence electrons. The van der Waals surface area contributed by atoms with Crippen molar-refractivity contribution in [3.05, 3.63) is 35.4 Å². The van der Waals surface area contributed by atoms with Gasteiger partial charge in [0, 0.05) is 24.3 Å². The zero-order chi connectivity index (χ0) is 41.5. The molecule has 3 fully saturated rings. The second-order valence-electron chi connectivity index (χ2n) is 17.3. The average Bonchev–Trinajstić information content (AvgIpc) is 3.99. The summed E-state index contributed by atoms with van der Waals surface area (Å²) in [5.41, 5.74) is -1.72. The number of allylic oxidation sites excluding steroid dienone is 2. The molecule has 0 unspecified atom stereocenters. The summed E-state index contributed by atoms with van der Waals surface area (Å²) in [5.74, 6) is -0.997. The van der Waals surface area contributed by atoms with E-state index in [0.29, 0.717) is 65.9 Å². The fourth-order valence-electron chi connectivity index (χ4n) is 7.70. The number of Topliss-reactive ketones (excluding diaryl/α,β-unsaturated/α-hetero) is 1. The number of carbonyl (C=O) groups excluding carboxylic acids is 4. The van der Waals surface area contributed by atoms with Crippen LogP contribution in [0.25, 0.3) is 10.9 Å². The lowest BCUT2D eigenvalue weighted by molar-refractivity contribution is -0.140. The molecule has 0 bridgehead atoms. The fourth-order valence-corrected chi connectivity index (χ4v) is 9.26. The summed E-state index contributed by atoms with van der Waals surface area (Å²) < 4.78 is 51.5. The minimum atomic E-state index is -3.97. The van der Waals surface area contributed by atoms with Gasteiger partial charge in [-0.05, 0) is 98.1 Å². The molecular formula is C41H55ClN4O10S. The van der Waals surface area contributed by atoms with Crippen molar-refractivity contribution in [3.8, 4) is 17.4 Å². The smallest absolute Gasteiger partial charge is 0.408 e. The molecule has 1 saturated heterocycles. The Labute approximate surface area is 339 Å². The molecule has 3 heterocycles. The van der Waals surface area contributed by atoms with E-state index < -0.39 is 67.7 Å². The highest BCUT2D eigenvalue weighted by Gasteiger charge is 2.62. The Kier molecular flexibility index (Phi) is 12.1. The average molecular weight is 831 g/mol. The van der Waals surface area contributed by atoms with E-state index in [9.17, 15) is 27.6 Å². The molecule has 3 amide bonds. The van der Waals surface area contributed by atoms with Crippen LogP contribution in [0.1, 0.15) is 106 Å². The molecule has 5 atom stereocenters. The van der Waals surface area contributed by atoms with Crippen molar-refractivity contribution in [1.29, 1.82) is 0 Å². The molecule has 2 aromatic rings. The van der Waals surface area contributed by atoms with E-state index in [2.05, 4.69) is 15.0 Å². The fraction of sp³-hybridized carbons (Fsp3) is 0.634. The predicted octanol–water partition coefficient (Wildman–Crippen LogP) is 6.41. The number of methoxy groups -OCH3 is 1. The molecule has 57 heavy (non-hydrogen) atoms. The lowest BCUT2D eigenvalue weighted by Gasteiger charge is -2.30. The van der Waals surface area contributed by atoms with E-state index in [1.807, 2.05) is 26.0 Å². The molecule has 2 aliphatic heterocycles. The normalized spacial score (nSPS) is 27.0. The number of rotatable bonds is 9. The standard InChI is InChI=1S/C41H55ClN4O10S/c1-24(2)54-33-20-32(27-15-16-28(42)35(53-7)34(27)44-33)55-26-19-30-31(47)22-41(37(49)45-57(51,52)40(6)17-18-40)21-25(41)13-11-9-8-10-12-14-29(36(48)46(30)23-26)43-38(50)56-39(3,4)5/h11,13,15-16,20,24-26,29-30H,8-10,12,14,17-19,21-23H2,1-7H3,(H,43,50)(H,45,49)/b13-11-/t25-,26+,29-,30-,41+/m0/s1. The van der Waals surface area contributed by atoms with E-state index in [0.717, 1.165) is 12.8 Å². The van der Waals surface area contributed by atoms with Crippen LogP contribution in [0.3, 0.4) is 0 Å². The zero-order valence-corrected chi connectivity index (χ0v) is 35.4. The van der Waals surface area contributed by atoms with Gasteiger partial charge in [-0.1, -0.05) is 36.6 Å².